The molecule has 1 amide bonds. The Labute approximate surface area is 191 Å². The summed E-state index contributed by atoms with van der Waals surface area (Å²) in [4.78, 5) is 26.8. The summed E-state index contributed by atoms with van der Waals surface area (Å²) in [6, 6.07) is 4.40. The van der Waals surface area contributed by atoms with E-state index in [1.807, 2.05) is 19.9 Å². The summed E-state index contributed by atoms with van der Waals surface area (Å²) in [6.07, 6.45) is -9.54. The summed E-state index contributed by atoms with van der Waals surface area (Å²) in [7, 11) is 0. The fourth-order valence-corrected chi connectivity index (χ4v) is 4.44. The van der Waals surface area contributed by atoms with Gasteiger partial charge in [-0.1, -0.05) is 6.07 Å². The fourth-order valence-electron chi connectivity index (χ4n) is 4.44. The number of aryl methyl sites for hydroxylation is 1. The van der Waals surface area contributed by atoms with Gasteiger partial charge in [-0.25, -0.2) is 0 Å². The van der Waals surface area contributed by atoms with Crippen molar-refractivity contribution in [1.82, 2.24) is 4.90 Å². The lowest BCUT2D eigenvalue weighted by Crippen LogP contribution is -2.52. The minimum Gasteiger partial charge on any atom is -0.486 e. The molecule has 0 bridgehead atoms. The predicted octanol–water partition coefficient (Wildman–Crippen LogP) is 5.98. The van der Waals surface area contributed by atoms with Crippen LogP contribution in [-0.4, -0.2) is 35.3 Å². The Morgan fingerprint density at radius 3 is 2.03 bits per heavy atom. The summed E-state index contributed by atoms with van der Waals surface area (Å²) in [6.45, 7) is 3.79. The third kappa shape index (κ3) is 4.37. The maximum atomic E-state index is 13.2. The lowest BCUT2D eigenvalue weighted by atomic mass is 9.81. The molecule has 1 fully saturated rings. The average Bonchev–Trinajstić information content (AvgIpc) is 2.75. The van der Waals surface area contributed by atoms with Crippen LogP contribution in [0, 0.1) is 13.8 Å². The first-order chi connectivity index (χ1) is 15.7. The van der Waals surface area contributed by atoms with E-state index in [2.05, 4.69) is 0 Å². The predicted molar refractivity (Wildman–Crippen MR) is 110 cm³/mol. The Balaban J connectivity index is 1.57. The highest BCUT2D eigenvalue weighted by Crippen LogP contribution is 2.42. The van der Waals surface area contributed by atoms with E-state index in [0.717, 1.165) is 11.1 Å². The number of ether oxygens (including phenoxy) is 1. The number of hydrogen-bond donors (Lipinski definition) is 0. The molecule has 182 valence electrons. The molecule has 1 saturated heterocycles. The molecule has 0 aliphatic carbocycles. The van der Waals surface area contributed by atoms with E-state index in [9.17, 15) is 35.9 Å². The molecule has 2 aromatic carbocycles. The number of likely N-dealkylation sites (tertiary alicyclic amines) is 1. The van der Waals surface area contributed by atoms with Crippen molar-refractivity contribution in [2.75, 3.05) is 13.1 Å². The van der Waals surface area contributed by atoms with Gasteiger partial charge >= 0.3 is 12.4 Å². The third-order valence-electron chi connectivity index (χ3n) is 6.57. The molecule has 0 N–H and O–H groups in total. The molecule has 0 radical (unpaired) electrons. The first-order valence-electron chi connectivity index (χ1n) is 10.6. The van der Waals surface area contributed by atoms with E-state index in [0.29, 0.717) is 23.4 Å². The van der Waals surface area contributed by atoms with Crippen molar-refractivity contribution >= 4 is 11.7 Å². The molecular formula is C24H21F6NO3. The zero-order chi connectivity index (χ0) is 25.1. The van der Waals surface area contributed by atoms with Crippen LogP contribution in [-0.2, 0) is 12.4 Å². The lowest BCUT2D eigenvalue weighted by molar-refractivity contribution is -0.143. The van der Waals surface area contributed by atoms with Crippen LogP contribution in [0.15, 0.2) is 30.3 Å². The molecular weight excluding hydrogens is 464 g/mol. The van der Waals surface area contributed by atoms with Crippen molar-refractivity contribution in [3.8, 4) is 5.75 Å². The fraction of sp³-hybridized carbons (Fsp3) is 0.417. The van der Waals surface area contributed by atoms with Gasteiger partial charge in [0.2, 0.25) is 0 Å². The number of fused-ring (bicyclic) bond motifs is 1. The number of Topliss-reactive ketones (excluding diaryl/α,β-unsaturated/α-hetero) is 1. The van der Waals surface area contributed by atoms with Gasteiger partial charge in [-0.15, -0.1) is 0 Å². The van der Waals surface area contributed by atoms with Crippen LogP contribution < -0.4 is 4.74 Å². The van der Waals surface area contributed by atoms with Crippen molar-refractivity contribution in [3.63, 3.8) is 0 Å². The molecule has 4 rings (SSSR count). The van der Waals surface area contributed by atoms with Gasteiger partial charge in [-0.2, -0.15) is 26.3 Å². The minimum absolute atomic E-state index is 0.00871. The van der Waals surface area contributed by atoms with Crippen molar-refractivity contribution in [3.05, 3.63) is 63.7 Å². The van der Waals surface area contributed by atoms with Gasteiger partial charge in [-0.3, -0.25) is 9.59 Å². The maximum Gasteiger partial charge on any atom is 0.416 e. The Bertz CT molecular complexity index is 1130. The van der Waals surface area contributed by atoms with Gasteiger partial charge < -0.3 is 9.64 Å². The van der Waals surface area contributed by atoms with Crippen LogP contribution in [0.5, 0.6) is 5.75 Å². The first-order valence-corrected chi connectivity index (χ1v) is 10.6. The summed E-state index contributed by atoms with van der Waals surface area (Å²) in [5.74, 6) is -0.540. The number of carbonyl (C=O) groups is 2. The van der Waals surface area contributed by atoms with Gasteiger partial charge in [0.05, 0.1) is 23.1 Å². The highest BCUT2D eigenvalue weighted by Gasteiger charge is 2.45. The average molecular weight is 485 g/mol. The smallest absolute Gasteiger partial charge is 0.416 e. The van der Waals surface area contributed by atoms with Gasteiger partial charge in [0.15, 0.2) is 5.78 Å². The summed E-state index contributed by atoms with van der Waals surface area (Å²) < 4.78 is 85.2. The van der Waals surface area contributed by atoms with Crippen LogP contribution in [0.4, 0.5) is 26.3 Å². The quantitative estimate of drug-likeness (QED) is 0.467. The molecule has 2 heterocycles. The van der Waals surface area contributed by atoms with Gasteiger partial charge in [0, 0.05) is 31.5 Å². The number of benzene rings is 2. The topological polar surface area (TPSA) is 46.6 Å². The van der Waals surface area contributed by atoms with Crippen molar-refractivity contribution in [1.29, 1.82) is 0 Å². The number of rotatable bonds is 1. The highest BCUT2D eigenvalue weighted by atomic mass is 19.4. The molecule has 0 atom stereocenters. The Morgan fingerprint density at radius 1 is 0.941 bits per heavy atom. The molecule has 34 heavy (non-hydrogen) atoms. The lowest BCUT2D eigenvalue weighted by Gasteiger charge is -2.44. The number of carbonyl (C=O) groups excluding carboxylic acids is 2. The summed E-state index contributed by atoms with van der Waals surface area (Å²) in [5.41, 5.74) is -2.38. The molecule has 2 aliphatic heterocycles. The second kappa shape index (κ2) is 8.02. The van der Waals surface area contributed by atoms with Crippen molar-refractivity contribution in [2.45, 2.75) is 51.1 Å². The zero-order valence-electron chi connectivity index (χ0n) is 18.4. The number of ketones is 1. The number of piperidine rings is 1. The monoisotopic (exact) mass is 485 g/mol. The van der Waals surface area contributed by atoms with Crippen LogP contribution in [0.25, 0.3) is 0 Å². The molecule has 2 aromatic rings. The second-order valence-electron chi connectivity index (χ2n) is 8.86. The maximum absolute atomic E-state index is 13.2. The van der Waals surface area contributed by atoms with Crippen LogP contribution >= 0.6 is 0 Å². The molecule has 0 saturated carbocycles. The Kier molecular flexibility index (Phi) is 5.69. The van der Waals surface area contributed by atoms with E-state index in [1.165, 1.54) is 4.90 Å². The third-order valence-corrected chi connectivity index (χ3v) is 6.57. The van der Waals surface area contributed by atoms with Gasteiger partial charge in [-0.05, 0) is 49.2 Å². The molecule has 1 spiro atoms. The minimum atomic E-state index is -5.04. The molecule has 10 heteroatoms. The number of nitrogens with zero attached hydrogens (tertiary/aromatic N) is 1. The first kappa shape index (κ1) is 24.1. The van der Waals surface area contributed by atoms with Crippen molar-refractivity contribution < 1.29 is 40.7 Å². The molecule has 0 aromatic heterocycles. The number of amides is 1. The summed E-state index contributed by atoms with van der Waals surface area (Å²) in [5, 5.41) is 0. The summed E-state index contributed by atoms with van der Waals surface area (Å²) >= 11 is 0. The Hall–Kier alpha value is -3.04. The molecule has 4 nitrogen and oxygen atoms in total. The number of alkyl halides is 6. The second-order valence-corrected chi connectivity index (χ2v) is 8.86. The van der Waals surface area contributed by atoms with Crippen LogP contribution in [0.3, 0.4) is 0 Å². The molecule has 0 unspecified atom stereocenters. The van der Waals surface area contributed by atoms with E-state index in [-0.39, 0.29) is 44.2 Å². The largest absolute Gasteiger partial charge is 0.486 e. The Morgan fingerprint density at radius 2 is 1.50 bits per heavy atom. The number of hydrogen-bond acceptors (Lipinski definition) is 3. The van der Waals surface area contributed by atoms with Crippen LogP contribution in [0.1, 0.15) is 62.2 Å². The standard InChI is InChI=1S/C24H21F6NO3/c1-13-3-4-18-19(32)12-22(34-20(18)14(13)2)5-7-31(8-6-22)21(33)15-9-16(23(25,26)27)11-17(10-15)24(28,29)30/h3-4,9-11H,5-8,12H2,1-2H3. The van der Waals surface area contributed by atoms with E-state index in [1.54, 1.807) is 6.07 Å². The normalized spacial score (nSPS) is 18.0. The zero-order valence-corrected chi connectivity index (χ0v) is 18.4. The molecule has 2 aliphatic rings. The number of halogens is 6. The van der Waals surface area contributed by atoms with Crippen LogP contribution in [0.2, 0.25) is 0 Å². The van der Waals surface area contributed by atoms with E-state index < -0.39 is 40.6 Å². The SMILES string of the molecule is Cc1ccc2c(c1C)OC1(CCN(C(=O)c3cc(C(F)(F)F)cc(C(F)(F)F)c3)CC1)CC2=O. The van der Waals surface area contributed by atoms with E-state index >= 15 is 0 Å². The van der Waals surface area contributed by atoms with Gasteiger partial charge in [0.25, 0.3) is 5.91 Å². The van der Waals surface area contributed by atoms with Gasteiger partial charge in [0.1, 0.15) is 11.4 Å². The van der Waals surface area contributed by atoms with E-state index in [4.69, 9.17) is 4.74 Å². The van der Waals surface area contributed by atoms with Crippen molar-refractivity contribution in [2.24, 2.45) is 0 Å². The highest BCUT2D eigenvalue weighted by molar-refractivity contribution is 6.01.